The minimum absolute atomic E-state index is 0.196. The van der Waals surface area contributed by atoms with Crippen LogP contribution in [-0.4, -0.2) is 20.9 Å². The molecule has 1 aromatic rings. The maximum absolute atomic E-state index is 11.9. The fraction of sp³-hybridized carbons (Fsp3) is 0.600. The normalized spacial score (nSPS) is 20.6. The summed E-state index contributed by atoms with van der Waals surface area (Å²) in [5, 5.41) is 11.9. The van der Waals surface area contributed by atoms with E-state index in [1.54, 1.807) is 11.4 Å². The lowest BCUT2D eigenvalue weighted by atomic mass is 9.81. The number of hydrogen-bond acceptors (Lipinski definition) is 4. The Bertz CT molecular complexity index is 315. The van der Waals surface area contributed by atoms with Gasteiger partial charge in [0, 0.05) is 5.38 Å². The summed E-state index contributed by atoms with van der Waals surface area (Å²) in [5.74, 6) is -0.196. The van der Waals surface area contributed by atoms with E-state index in [1.807, 2.05) is 0 Å². The number of aliphatic hydroxyl groups is 1. The highest BCUT2D eigenvalue weighted by molar-refractivity contribution is 7.03. The number of ketones is 1. The van der Waals surface area contributed by atoms with Crippen LogP contribution in [-0.2, 0) is 0 Å². The van der Waals surface area contributed by atoms with Crippen molar-refractivity contribution in [1.82, 2.24) is 4.37 Å². The molecule has 76 valence electrons. The fourth-order valence-corrected chi connectivity index (χ4v) is 2.44. The first kappa shape index (κ1) is 9.80. The van der Waals surface area contributed by atoms with Gasteiger partial charge >= 0.3 is 0 Å². The molecular weight excluding hydrogens is 198 g/mol. The van der Waals surface area contributed by atoms with E-state index in [0.717, 1.165) is 19.3 Å². The monoisotopic (exact) mass is 211 g/mol. The van der Waals surface area contributed by atoms with Gasteiger partial charge in [-0.25, -0.2) is 0 Å². The lowest BCUT2D eigenvalue weighted by Gasteiger charge is -2.29. The smallest absolute Gasteiger partial charge is 0.213 e. The summed E-state index contributed by atoms with van der Waals surface area (Å²) in [6.07, 6.45) is 4.16. The van der Waals surface area contributed by atoms with E-state index >= 15 is 0 Å². The molecule has 0 unspecified atom stereocenters. The van der Waals surface area contributed by atoms with Crippen molar-refractivity contribution in [2.75, 3.05) is 0 Å². The Labute approximate surface area is 86.9 Å². The van der Waals surface area contributed by atoms with Gasteiger partial charge in [-0.05, 0) is 30.4 Å². The van der Waals surface area contributed by atoms with Crippen LogP contribution in [0.15, 0.2) is 11.4 Å². The Morgan fingerprint density at radius 2 is 2.14 bits per heavy atom. The Morgan fingerprint density at radius 3 is 2.71 bits per heavy atom. The molecule has 1 aliphatic rings. The molecule has 1 fully saturated rings. The van der Waals surface area contributed by atoms with Crippen molar-refractivity contribution in [2.45, 2.75) is 37.7 Å². The molecule has 3 nitrogen and oxygen atoms in total. The van der Waals surface area contributed by atoms with Gasteiger partial charge in [-0.1, -0.05) is 19.3 Å². The molecule has 1 aromatic heterocycles. The van der Waals surface area contributed by atoms with Crippen LogP contribution in [0.5, 0.6) is 0 Å². The molecule has 1 saturated carbocycles. The summed E-state index contributed by atoms with van der Waals surface area (Å²) in [4.78, 5) is 11.9. The van der Waals surface area contributed by atoms with Gasteiger partial charge in [-0.3, -0.25) is 4.79 Å². The van der Waals surface area contributed by atoms with Gasteiger partial charge in [0.2, 0.25) is 5.78 Å². The van der Waals surface area contributed by atoms with Crippen LogP contribution in [0.2, 0.25) is 0 Å². The first-order valence-electron chi connectivity index (χ1n) is 4.90. The van der Waals surface area contributed by atoms with Crippen LogP contribution in [0, 0.1) is 0 Å². The quantitative estimate of drug-likeness (QED) is 0.761. The van der Waals surface area contributed by atoms with Crippen LogP contribution in [0.4, 0.5) is 0 Å². The summed E-state index contributed by atoms with van der Waals surface area (Å²) in [6.45, 7) is 0. The predicted molar refractivity (Wildman–Crippen MR) is 54.5 cm³/mol. The number of rotatable bonds is 2. The van der Waals surface area contributed by atoms with Crippen molar-refractivity contribution < 1.29 is 9.90 Å². The maximum atomic E-state index is 11.9. The molecule has 0 atom stereocenters. The van der Waals surface area contributed by atoms with Crippen LogP contribution in [0.3, 0.4) is 0 Å². The zero-order chi connectivity index (χ0) is 10.0. The first-order chi connectivity index (χ1) is 6.72. The SMILES string of the molecule is O=C(c1ccsn1)C1(O)CCCCC1. The summed E-state index contributed by atoms with van der Waals surface area (Å²) in [6, 6.07) is 1.68. The van der Waals surface area contributed by atoms with Crippen molar-refractivity contribution in [3.05, 3.63) is 17.1 Å². The Kier molecular flexibility index (Phi) is 2.65. The van der Waals surface area contributed by atoms with Crippen molar-refractivity contribution in [2.24, 2.45) is 0 Å². The third kappa shape index (κ3) is 1.72. The highest BCUT2D eigenvalue weighted by atomic mass is 32.1. The minimum atomic E-state index is -1.13. The number of hydrogen-bond donors (Lipinski definition) is 1. The maximum Gasteiger partial charge on any atom is 0.213 e. The number of aromatic nitrogens is 1. The number of carbonyl (C=O) groups excluding carboxylic acids is 1. The van der Waals surface area contributed by atoms with Gasteiger partial charge in [-0.15, -0.1) is 0 Å². The molecule has 0 aliphatic heterocycles. The van der Waals surface area contributed by atoms with Gasteiger partial charge in [0.05, 0.1) is 0 Å². The average Bonchev–Trinajstić information content (AvgIpc) is 2.70. The molecule has 0 radical (unpaired) electrons. The molecule has 1 N–H and O–H groups in total. The topological polar surface area (TPSA) is 50.2 Å². The second-order valence-corrected chi connectivity index (χ2v) is 4.47. The van der Waals surface area contributed by atoms with Crippen LogP contribution in [0.25, 0.3) is 0 Å². The van der Waals surface area contributed by atoms with E-state index in [2.05, 4.69) is 4.37 Å². The van der Waals surface area contributed by atoms with Crippen molar-refractivity contribution in [3.63, 3.8) is 0 Å². The molecule has 4 heteroatoms. The van der Waals surface area contributed by atoms with Gasteiger partial charge in [0.15, 0.2) is 0 Å². The van der Waals surface area contributed by atoms with Crippen LogP contribution < -0.4 is 0 Å². The number of carbonyl (C=O) groups is 1. The van der Waals surface area contributed by atoms with Crippen molar-refractivity contribution in [3.8, 4) is 0 Å². The highest BCUT2D eigenvalue weighted by Crippen LogP contribution is 2.30. The summed E-state index contributed by atoms with van der Waals surface area (Å²) in [5.41, 5.74) is -0.717. The lowest BCUT2D eigenvalue weighted by Crippen LogP contribution is -2.40. The molecule has 0 aromatic carbocycles. The Hall–Kier alpha value is -0.740. The summed E-state index contributed by atoms with van der Waals surface area (Å²) < 4.78 is 3.97. The molecule has 1 aliphatic carbocycles. The predicted octanol–water partition coefficient (Wildman–Crippen LogP) is 2.02. The van der Waals surface area contributed by atoms with Crippen LogP contribution >= 0.6 is 11.5 Å². The summed E-state index contributed by atoms with van der Waals surface area (Å²) in [7, 11) is 0. The second-order valence-electron chi connectivity index (χ2n) is 3.81. The molecule has 1 heterocycles. The van der Waals surface area contributed by atoms with E-state index in [0.29, 0.717) is 18.5 Å². The Morgan fingerprint density at radius 1 is 1.43 bits per heavy atom. The third-order valence-corrected chi connectivity index (χ3v) is 3.33. The zero-order valence-electron chi connectivity index (χ0n) is 7.90. The van der Waals surface area contributed by atoms with Crippen molar-refractivity contribution in [1.29, 1.82) is 0 Å². The molecule has 0 bridgehead atoms. The largest absolute Gasteiger partial charge is 0.382 e. The fourth-order valence-electron chi connectivity index (χ4n) is 1.93. The lowest BCUT2D eigenvalue weighted by molar-refractivity contribution is 0.0113. The third-order valence-electron chi connectivity index (χ3n) is 2.77. The number of Topliss-reactive ketones (excluding diaryl/α,β-unsaturated/α-hetero) is 1. The minimum Gasteiger partial charge on any atom is -0.382 e. The van der Waals surface area contributed by atoms with E-state index in [1.165, 1.54) is 11.5 Å². The zero-order valence-corrected chi connectivity index (χ0v) is 8.72. The molecule has 2 rings (SSSR count). The van der Waals surface area contributed by atoms with E-state index in [4.69, 9.17) is 0 Å². The molecule has 0 saturated heterocycles. The van der Waals surface area contributed by atoms with E-state index in [-0.39, 0.29) is 5.78 Å². The standard InChI is InChI=1S/C10H13NO2S/c12-9(8-4-7-14-11-8)10(13)5-2-1-3-6-10/h4,7,13H,1-3,5-6H2. The molecule has 14 heavy (non-hydrogen) atoms. The molecule has 0 amide bonds. The van der Waals surface area contributed by atoms with Crippen molar-refractivity contribution >= 4 is 17.3 Å². The highest BCUT2D eigenvalue weighted by Gasteiger charge is 2.38. The molecular formula is C10H13NO2S. The van der Waals surface area contributed by atoms with Gasteiger partial charge in [0.25, 0.3) is 0 Å². The Balaban J connectivity index is 2.17. The first-order valence-corrected chi connectivity index (χ1v) is 5.74. The van der Waals surface area contributed by atoms with Gasteiger partial charge < -0.3 is 5.11 Å². The molecule has 0 spiro atoms. The average molecular weight is 211 g/mol. The van der Waals surface area contributed by atoms with E-state index in [9.17, 15) is 9.90 Å². The van der Waals surface area contributed by atoms with Gasteiger partial charge in [-0.2, -0.15) is 4.37 Å². The van der Waals surface area contributed by atoms with E-state index < -0.39 is 5.60 Å². The second kappa shape index (κ2) is 3.79. The summed E-state index contributed by atoms with van der Waals surface area (Å²) >= 11 is 1.25. The van der Waals surface area contributed by atoms with Crippen LogP contribution in [0.1, 0.15) is 42.6 Å². The van der Waals surface area contributed by atoms with Gasteiger partial charge in [0.1, 0.15) is 11.3 Å². The number of nitrogens with zero attached hydrogens (tertiary/aromatic N) is 1.